The molecule has 0 amide bonds. The molecular formula is C32H40O4. The molecule has 1 aliphatic carbocycles. The Morgan fingerprint density at radius 3 is 2.25 bits per heavy atom. The van der Waals surface area contributed by atoms with Gasteiger partial charge in [0.15, 0.2) is 0 Å². The van der Waals surface area contributed by atoms with E-state index in [1.807, 2.05) is 12.1 Å². The van der Waals surface area contributed by atoms with Gasteiger partial charge in [0.1, 0.15) is 18.1 Å². The van der Waals surface area contributed by atoms with Gasteiger partial charge in [-0.05, 0) is 79.5 Å². The van der Waals surface area contributed by atoms with E-state index in [2.05, 4.69) is 64.1 Å². The summed E-state index contributed by atoms with van der Waals surface area (Å²) < 4.78 is 11.1. The van der Waals surface area contributed by atoms with Gasteiger partial charge in [0.25, 0.3) is 0 Å². The predicted molar refractivity (Wildman–Crippen MR) is 145 cm³/mol. The number of cyclic esters (lactones) is 1. The largest absolute Gasteiger partial charge is 0.485 e. The smallest absolute Gasteiger partial charge is 0.314 e. The summed E-state index contributed by atoms with van der Waals surface area (Å²) in [5, 5.41) is 10.9. The number of carbonyl (C=O) groups is 1. The van der Waals surface area contributed by atoms with Gasteiger partial charge in [0.05, 0.1) is 12.0 Å². The summed E-state index contributed by atoms with van der Waals surface area (Å²) in [6.45, 7) is 9.01. The molecule has 0 bridgehead atoms. The SMILES string of the molecule is CCC(CC)(c1ccc(C=CC2(O)CCCCC2)c(C)c1)c1ccc(OCC2=CCC(=O)O2)c(C)c1. The van der Waals surface area contributed by atoms with Gasteiger partial charge in [-0.25, -0.2) is 0 Å². The Hall–Kier alpha value is -2.85. The molecule has 0 radical (unpaired) electrons. The molecule has 4 nitrogen and oxygen atoms in total. The van der Waals surface area contributed by atoms with Crippen LogP contribution in [0.3, 0.4) is 0 Å². The zero-order chi connectivity index (χ0) is 25.8. The van der Waals surface area contributed by atoms with Crippen molar-refractivity contribution in [3.63, 3.8) is 0 Å². The third-order valence-corrected chi connectivity index (χ3v) is 8.16. The summed E-state index contributed by atoms with van der Waals surface area (Å²) in [5.74, 6) is 1.17. The van der Waals surface area contributed by atoms with Gasteiger partial charge in [0, 0.05) is 5.41 Å². The Kier molecular flexibility index (Phi) is 8.04. The quantitative estimate of drug-likeness (QED) is 0.376. The zero-order valence-electron chi connectivity index (χ0n) is 22.2. The number of ether oxygens (including phenoxy) is 2. The number of aliphatic hydroxyl groups is 1. The van der Waals surface area contributed by atoms with Crippen molar-refractivity contribution in [3.8, 4) is 5.75 Å². The van der Waals surface area contributed by atoms with Crippen LogP contribution in [0.2, 0.25) is 0 Å². The number of benzene rings is 2. The molecule has 1 fully saturated rings. The molecule has 0 aromatic heterocycles. The normalized spacial score (nSPS) is 17.8. The van der Waals surface area contributed by atoms with E-state index in [0.29, 0.717) is 12.2 Å². The van der Waals surface area contributed by atoms with Crippen LogP contribution in [-0.2, 0) is 14.9 Å². The number of rotatable bonds is 9. The Morgan fingerprint density at radius 2 is 1.67 bits per heavy atom. The lowest BCUT2D eigenvalue weighted by Gasteiger charge is -2.34. The van der Waals surface area contributed by atoms with Crippen LogP contribution in [0.5, 0.6) is 5.75 Å². The van der Waals surface area contributed by atoms with Gasteiger partial charge >= 0.3 is 5.97 Å². The maximum absolute atomic E-state index is 11.3. The first-order chi connectivity index (χ1) is 17.3. The molecule has 1 heterocycles. The number of hydrogen-bond donors (Lipinski definition) is 1. The molecule has 0 atom stereocenters. The molecule has 2 aromatic carbocycles. The van der Waals surface area contributed by atoms with Crippen LogP contribution >= 0.6 is 0 Å². The van der Waals surface area contributed by atoms with Crippen molar-refractivity contribution in [3.05, 3.63) is 82.1 Å². The van der Waals surface area contributed by atoms with Gasteiger partial charge in [-0.1, -0.05) is 75.6 Å². The van der Waals surface area contributed by atoms with E-state index in [9.17, 15) is 9.90 Å². The second kappa shape index (κ2) is 11.0. The molecule has 1 saturated carbocycles. The highest BCUT2D eigenvalue weighted by molar-refractivity contribution is 5.75. The van der Waals surface area contributed by atoms with Crippen molar-refractivity contribution in [1.82, 2.24) is 0 Å². The fourth-order valence-corrected chi connectivity index (χ4v) is 5.74. The first-order valence-corrected chi connectivity index (χ1v) is 13.4. The molecule has 0 unspecified atom stereocenters. The lowest BCUT2D eigenvalue weighted by atomic mass is 9.70. The van der Waals surface area contributed by atoms with Crippen LogP contribution in [0.25, 0.3) is 6.08 Å². The lowest BCUT2D eigenvalue weighted by molar-refractivity contribution is -0.136. The van der Waals surface area contributed by atoms with Crippen molar-refractivity contribution < 1.29 is 19.4 Å². The maximum Gasteiger partial charge on any atom is 0.314 e. The lowest BCUT2D eigenvalue weighted by Crippen LogP contribution is -2.28. The van der Waals surface area contributed by atoms with E-state index >= 15 is 0 Å². The molecule has 4 heteroatoms. The molecule has 1 N–H and O–H groups in total. The van der Waals surface area contributed by atoms with Crippen molar-refractivity contribution >= 4 is 12.0 Å². The van der Waals surface area contributed by atoms with Gasteiger partial charge in [-0.3, -0.25) is 4.79 Å². The maximum atomic E-state index is 11.3. The van der Waals surface area contributed by atoms with E-state index in [4.69, 9.17) is 9.47 Å². The van der Waals surface area contributed by atoms with E-state index < -0.39 is 5.60 Å². The minimum atomic E-state index is -0.655. The average molecular weight is 489 g/mol. The Morgan fingerprint density at radius 1 is 1.00 bits per heavy atom. The highest BCUT2D eigenvalue weighted by Crippen LogP contribution is 2.41. The highest BCUT2D eigenvalue weighted by Gasteiger charge is 2.32. The molecule has 4 rings (SSSR count). The monoisotopic (exact) mass is 488 g/mol. The van der Waals surface area contributed by atoms with Crippen LogP contribution in [0.4, 0.5) is 0 Å². The Bertz CT molecular complexity index is 1150. The van der Waals surface area contributed by atoms with Gasteiger partial charge in [-0.15, -0.1) is 0 Å². The van der Waals surface area contributed by atoms with Gasteiger partial charge < -0.3 is 14.6 Å². The van der Waals surface area contributed by atoms with Crippen LogP contribution in [0, 0.1) is 13.8 Å². The zero-order valence-corrected chi connectivity index (χ0v) is 22.2. The number of esters is 1. The molecule has 192 valence electrons. The summed E-state index contributed by atoms with van der Waals surface area (Å²) in [6.07, 6.45) is 13.3. The first-order valence-electron chi connectivity index (χ1n) is 13.4. The number of carbonyl (C=O) groups excluding carboxylic acids is 1. The fraction of sp³-hybridized carbons (Fsp3) is 0.469. The second-order valence-corrected chi connectivity index (χ2v) is 10.5. The Balaban J connectivity index is 1.56. The molecule has 0 spiro atoms. The van der Waals surface area contributed by atoms with E-state index in [1.54, 1.807) is 6.08 Å². The van der Waals surface area contributed by atoms with Crippen LogP contribution in [0.1, 0.15) is 93.0 Å². The molecule has 0 saturated heterocycles. The topological polar surface area (TPSA) is 55.8 Å². The Labute approximate surface area is 216 Å². The van der Waals surface area contributed by atoms with Crippen molar-refractivity contribution in [1.29, 1.82) is 0 Å². The summed E-state index contributed by atoms with van der Waals surface area (Å²) in [5.41, 5.74) is 5.31. The second-order valence-electron chi connectivity index (χ2n) is 10.5. The first kappa shape index (κ1) is 26.2. The summed E-state index contributed by atoms with van der Waals surface area (Å²) in [4.78, 5) is 11.3. The van der Waals surface area contributed by atoms with Crippen LogP contribution in [0.15, 0.2) is 54.3 Å². The predicted octanol–water partition coefficient (Wildman–Crippen LogP) is 7.33. The van der Waals surface area contributed by atoms with Crippen molar-refractivity contribution in [2.75, 3.05) is 6.61 Å². The molecule has 2 aromatic rings. The van der Waals surface area contributed by atoms with Crippen LogP contribution in [-0.4, -0.2) is 23.3 Å². The highest BCUT2D eigenvalue weighted by atomic mass is 16.6. The van der Waals surface area contributed by atoms with Gasteiger partial charge in [0.2, 0.25) is 0 Å². The van der Waals surface area contributed by atoms with Crippen molar-refractivity contribution in [2.45, 2.75) is 90.1 Å². The molecule has 1 aliphatic heterocycles. The summed E-state index contributed by atoms with van der Waals surface area (Å²) in [6, 6.07) is 13.2. The van der Waals surface area contributed by atoms with E-state index in [0.717, 1.165) is 49.8 Å². The standard InChI is InChI=1S/C32H40O4/c1-5-32(6-2,27-12-14-29(24(4)21-27)35-22-28-13-15-30(33)36-28)26-11-10-25(23(3)20-26)16-19-31(34)17-8-7-9-18-31/h10-14,16,19-21,34H,5-9,15,17-18,22H2,1-4H3. The van der Waals surface area contributed by atoms with E-state index in [1.165, 1.54) is 28.7 Å². The molecule has 36 heavy (non-hydrogen) atoms. The van der Waals surface area contributed by atoms with Gasteiger partial charge in [-0.2, -0.15) is 0 Å². The van der Waals surface area contributed by atoms with Crippen molar-refractivity contribution in [2.24, 2.45) is 0 Å². The number of aryl methyl sites for hydroxylation is 2. The molecule has 2 aliphatic rings. The third kappa shape index (κ3) is 5.59. The minimum Gasteiger partial charge on any atom is -0.485 e. The average Bonchev–Trinajstić information content (AvgIpc) is 3.29. The van der Waals surface area contributed by atoms with E-state index in [-0.39, 0.29) is 18.0 Å². The third-order valence-electron chi connectivity index (χ3n) is 8.16. The molecular weight excluding hydrogens is 448 g/mol. The minimum absolute atomic E-state index is 0.0959. The fourth-order valence-electron chi connectivity index (χ4n) is 5.74. The van der Waals surface area contributed by atoms with Crippen LogP contribution < -0.4 is 4.74 Å². The summed E-state index contributed by atoms with van der Waals surface area (Å²) in [7, 11) is 0. The summed E-state index contributed by atoms with van der Waals surface area (Å²) >= 11 is 0. The number of hydrogen-bond acceptors (Lipinski definition) is 4.